The maximum atomic E-state index is 12.9. The lowest BCUT2D eigenvalue weighted by Crippen LogP contribution is -2.35. The molecule has 5 rings (SSSR count). The Kier molecular flexibility index (Phi) is 3.91. The van der Waals surface area contributed by atoms with Crippen LogP contribution in [0.2, 0.25) is 0 Å². The number of hydrogen-bond acceptors (Lipinski definition) is 4. The number of aryl methyl sites for hydroxylation is 1. The van der Waals surface area contributed by atoms with Gasteiger partial charge >= 0.3 is 0 Å². The van der Waals surface area contributed by atoms with Crippen LogP contribution in [0.5, 0.6) is 5.75 Å². The number of nitrogens with one attached hydrogen (secondary N) is 3. The number of ether oxygens (including phenoxy) is 1. The Bertz CT molecular complexity index is 1220. The van der Waals surface area contributed by atoms with E-state index in [9.17, 15) is 4.79 Å². The lowest BCUT2D eigenvalue weighted by Gasteiger charge is -2.18. The van der Waals surface area contributed by atoms with Crippen molar-refractivity contribution in [1.29, 1.82) is 0 Å². The number of fused-ring (bicyclic) bond motifs is 1. The molecule has 3 aromatic heterocycles. The normalized spacial score (nSPS) is 14.7. The van der Waals surface area contributed by atoms with Crippen molar-refractivity contribution in [2.75, 3.05) is 7.11 Å². The Morgan fingerprint density at radius 1 is 1.21 bits per heavy atom. The van der Waals surface area contributed by atoms with E-state index in [1.807, 2.05) is 49.4 Å². The van der Waals surface area contributed by atoms with Crippen molar-refractivity contribution in [3.05, 3.63) is 65.6 Å². The van der Waals surface area contributed by atoms with Crippen LogP contribution in [0.25, 0.3) is 22.3 Å². The van der Waals surface area contributed by atoms with Crippen molar-refractivity contribution in [3.63, 3.8) is 0 Å². The number of H-pyrrole nitrogens is 2. The minimum Gasteiger partial charge on any atom is -0.497 e. The molecule has 1 aromatic carbocycles. The van der Waals surface area contributed by atoms with Gasteiger partial charge in [0.1, 0.15) is 17.1 Å². The third-order valence-electron chi connectivity index (χ3n) is 5.55. The molecule has 1 aliphatic carbocycles. The van der Waals surface area contributed by atoms with Crippen molar-refractivity contribution in [2.24, 2.45) is 0 Å². The van der Waals surface area contributed by atoms with E-state index in [2.05, 4.69) is 25.5 Å². The van der Waals surface area contributed by atoms with Crippen LogP contribution in [0.15, 0.2) is 48.7 Å². The highest BCUT2D eigenvalue weighted by Gasteiger charge is 2.46. The Morgan fingerprint density at radius 3 is 2.79 bits per heavy atom. The summed E-state index contributed by atoms with van der Waals surface area (Å²) in [5.74, 6) is 0.657. The van der Waals surface area contributed by atoms with Gasteiger partial charge in [0, 0.05) is 16.6 Å². The molecule has 1 saturated carbocycles. The molecule has 3 N–H and O–H groups in total. The third-order valence-corrected chi connectivity index (χ3v) is 5.55. The number of aromatic nitrogens is 4. The first-order valence-electron chi connectivity index (χ1n) is 9.55. The SMILES string of the molecule is COc1cccc(C2(NC(=O)c3cc4ccc(-c5cn[nH]c5C)nc4[nH]3)CC2)c1. The van der Waals surface area contributed by atoms with E-state index in [4.69, 9.17) is 4.74 Å². The van der Waals surface area contributed by atoms with Crippen LogP contribution in [0.4, 0.5) is 0 Å². The average molecular weight is 387 g/mol. The Hall–Kier alpha value is -3.61. The number of pyridine rings is 1. The van der Waals surface area contributed by atoms with Gasteiger partial charge in [0.2, 0.25) is 0 Å². The highest BCUT2D eigenvalue weighted by molar-refractivity contribution is 5.98. The minimum absolute atomic E-state index is 0.135. The first-order chi connectivity index (χ1) is 14.1. The first-order valence-corrected chi connectivity index (χ1v) is 9.55. The molecule has 3 heterocycles. The molecule has 0 saturated heterocycles. The van der Waals surface area contributed by atoms with Gasteiger partial charge in [-0.05, 0) is 55.7 Å². The molecule has 0 bridgehead atoms. The summed E-state index contributed by atoms with van der Waals surface area (Å²) >= 11 is 0. The summed E-state index contributed by atoms with van der Waals surface area (Å²) in [4.78, 5) is 20.8. The van der Waals surface area contributed by atoms with Crippen molar-refractivity contribution >= 4 is 16.9 Å². The molecule has 146 valence electrons. The maximum Gasteiger partial charge on any atom is 0.268 e. The number of amides is 1. The molecule has 4 aromatic rings. The highest BCUT2D eigenvalue weighted by atomic mass is 16.5. The van der Waals surface area contributed by atoms with E-state index >= 15 is 0 Å². The molecule has 29 heavy (non-hydrogen) atoms. The van der Waals surface area contributed by atoms with Crippen LogP contribution in [0.3, 0.4) is 0 Å². The first kappa shape index (κ1) is 17.5. The van der Waals surface area contributed by atoms with Crippen LogP contribution < -0.4 is 10.1 Å². The lowest BCUT2D eigenvalue weighted by atomic mass is 10.0. The van der Waals surface area contributed by atoms with Gasteiger partial charge in [-0.15, -0.1) is 0 Å². The zero-order valence-corrected chi connectivity index (χ0v) is 16.2. The predicted molar refractivity (Wildman–Crippen MR) is 110 cm³/mol. The van der Waals surface area contributed by atoms with E-state index < -0.39 is 0 Å². The number of methoxy groups -OCH3 is 1. The number of aromatic amines is 2. The van der Waals surface area contributed by atoms with Crippen molar-refractivity contribution in [2.45, 2.75) is 25.3 Å². The fraction of sp³-hybridized carbons (Fsp3) is 0.227. The Morgan fingerprint density at radius 2 is 2.07 bits per heavy atom. The van der Waals surface area contributed by atoms with Gasteiger partial charge in [0.25, 0.3) is 5.91 Å². The van der Waals surface area contributed by atoms with Crippen molar-refractivity contribution < 1.29 is 9.53 Å². The van der Waals surface area contributed by atoms with Crippen LogP contribution >= 0.6 is 0 Å². The molecular formula is C22H21N5O2. The highest BCUT2D eigenvalue weighted by Crippen LogP contribution is 2.46. The largest absolute Gasteiger partial charge is 0.497 e. The summed E-state index contributed by atoms with van der Waals surface area (Å²) in [5, 5.41) is 11.1. The van der Waals surface area contributed by atoms with Crippen LogP contribution in [0, 0.1) is 6.92 Å². The molecule has 0 spiro atoms. The average Bonchev–Trinajstić information content (AvgIpc) is 3.19. The number of carbonyl (C=O) groups is 1. The van der Waals surface area contributed by atoms with Gasteiger partial charge in [-0.25, -0.2) is 4.98 Å². The monoisotopic (exact) mass is 387 g/mol. The van der Waals surface area contributed by atoms with E-state index in [0.29, 0.717) is 11.3 Å². The molecule has 7 nitrogen and oxygen atoms in total. The Labute approximate surface area is 167 Å². The summed E-state index contributed by atoms with van der Waals surface area (Å²) in [7, 11) is 1.65. The number of carbonyl (C=O) groups excluding carboxylic acids is 1. The standard InChI is InChI=1S/C22H21N5O2/c1-13-17(12-23-27-13)18-7-6-14-10-19(25-20(14)24-18)21(28)26-22(8-9-22)15-4-3-5-16(11-15)29-2/h3-7,10-12H,8-9H2,1-2H3,(H,23,27)(H,24,25)(H,26,28). The van der Waals surface area contributed by atoms with E-state index in [1.54, 1.807) is 13.3 Å². The number of nitrogens with zero attached hydrogens (tertiary/aromatic N) is 2. The number of benzene rings is 1. The van der Waals surface area contributed by atoms with Gasteiger partial charge in [0.05, 0.1) is 24.5 Å². The fourth-order valence-corrected chi connectivity index (χ4v) is 3.70. The van der Waals surface area contributed by atoms with E-state index in [-0.39, 0.29) is 11.4 Å². The van der Waals surface area contributed by atoms with Gasteiger partial charge in [-0.1, -0.05) is 12.1 Å². The molecule has 0 atom stereocenters. The van der Waals surface area contributed by atoms with Gasteiger partial charge in [-0.2, -0.15) is 5.10 Å². The molecule has 1 fully saturated rings. The smallest absolute Gasteiger partial charge is 0.268 e. The number of rotatable bonds is 5. The summed E-state index contributed by atoms with van der Waals surface area (Å²) < 4.78 is 5.32. The topological polar surface area (TPSA) is 95.7 Å². The van der Waals surface area contributed by atoms with Crippen LogP contribution in [-0.2, 0) is 5.54 Å². The van der Waals surface area contributed by atoms with Crippen molar-refractivity contribution in [1.82, 2.24) is 25.5 Å². The minimum atomic E-state index is -0.324. The van der Waals surface area contributed by atoms with Crippen LogP contribution in [-0.4, -0.2) is 33.2 Å². The quantitative estimate of drug-likeness (QED) is 0.487. The third kappa shape index (κ3) is 3.04. The second-order valence-electron chi connectivity index (χ2n) is 7.49. The fourth-order valence-electron chi connectivity index (χ4n) is 3.70. The van der Waals surface area contributed by atoms with E-state index in [1.165, 1.54) is 0 Å². The predicted octanol–water partition coefficient (Wildman–Crippen LogP) is 3.69. The summed E-state index contributed by atoms with van der Waals surface area (Å²) in [5.41, 5.74) is 4.64. The second-order valence-corrected chi connectivity index (χ2v) is 7.49. The maximum absolute atomic E-state index is 12.9. The zero-order valence-electron chi connectivity index (χ0n) is 16.2. The molecule has 0 radical (unpaired) electrons. The lowest BCUT2D eigenvalue weighted by molar-refractivity contribution is 0.0926. The molecule has 0 aliphatic heterocycles. The zero-order chi connectivity index (χ0) is 20.0. The Balaban J connectivity index is 1.42. The van der Waals surface area contributed by atoms with E-state index in [0.717, 1.165) is 46.5 Å². The number of hydrogen-bond donors (Lipinski definition) is 3. The van der Waals surface area contributed by atoms with Crippen molar-refractivity contribution in [3.8, 4) is 17.0 Å². The second kappa shape index (κ2) is 6.48. The summed E-state index contributed by atoms with van der Waals surface area (Å²) in [6.45, 7) is 1.95. The van der Waals surface area contributed by atoms with Gasteiger partial charge < -0.3 is 15.0 Å². The molecule has 0 unspecified atom stereocenters. The van der Waals surface area contributed by atoms with Gasteiger partial charge in [-0.3, -0.25) is 9.89 Å². The molecule has 1 aliphatic rings. The molecule has 1 amide bonds. The molecule has 7 heteroatoms. The molecular weight excluding hydrogens is 366 g/mol. The van der Waals surface area contributed by atoms with Gasteiger partial charge in [0.15, 0.2) is 0 Å². The summed E-state index contributed by atoms with van der Waals surface area (Å²) in [6.07, 6.45) is 3.58. The summed E-state index contributed by atoms with van der Waals surface area (Å²) in [6, 6.07) is 13.6. The van der Waals surface area contributed by atoms with Crippen LogP contribution in [0.1, 0.15) is 34.6 Å².